The van der Waals surface area contributed by atoms with E-state index in [9.17, 15) is 33.9 Å². The van der Waals surface area contributed by atoms with Gasteiger partial charge in [-0.25, -0.2) is 4.79 Å². The number of likely N-dealkylation sites (tertiary alicyclic amines) is 1. The molecule has 2 heterocycles. The van der Waals surface area contributed by atoms with Crippen molar-refractivity contribution in [3.63, 3.8) is 0 Å². The lowest BCUT2D eigenvalue weighted by Crippen LogP contribution is -2.71. The molecule has 0 saturated carbocycles. The number of aromatic nitrogens is 1. The van der Waals surface area contributed by atoms with Crippen LogP contribution in [0, 0.1) is 5.92 Å². The molecule has 11 N–H and O–H groups in total. The molecule has 2 aromatic rings. The number of nitrogens with zero attached hydrogens (tertiary/aromatic N) is 1. The van der Waals surface area contributed by atoms with E-state index >= 15 is 0 Å². The minimum absolute atomic E-state index is 0.00254. The highest BCUT2D eigenvalue weighted by Crippen LogP contribution is 2.39. The number of para-hydroxylation sites is 1. The number of urea groups is 1. The van der Waals surface area contributed by atoms with Gasteiger partial charge in [0, 0.05) is 30.2 Å². The van der Waals surface area contributed by atoms with Gasteiger partial charge in [-0.1, -0.05) is 18.2 Å². The first-order valence-corrected chi connectivity index (χ1v) is 15.2. The summed E-state index contributed by atoms with van der Waals surface area (Å²) in [7, 11) is 0. The topological polar surface area (TPSA) is 256 Å². The molecule has 15 nitrogen and oxygen atoms in total. The van der Waals surface area contributed by atoms with Gasteiger partial charge in [0.15, 0.2) is 0 Å². The molecule has 1 aromatic heterocycles. The van der Waals surface area contributed by atoms with Gasteiger partial charge in [-0.3, -0.25) is 24.0 Å². The second-order valence-electron chi connectivity index (χ2n) is 11.2. The van der Waals surface area contributed by atoms with Crippen LogP contribution in [0.25, 0.3) is 10.9 Å². The molecular formula is C29H41ClN8O7. The lowest BCUT2D eigenvalue weighted by molar-refractivity contribution is -0.161. The molecule has 1 unspecified atom stereocenters. The molecule has 1 saturated heterocycles. The van der Waals surface area contributed by atoms with Gasteiger partial charge in [-0.05, 0) is 57.1 Å². The number of aromatic amines is 1. The minimum Gasteiger partial charge on any atom is -0.391 e. The van der Waals surface area contributed by atoms with Gasteiger partial charge in [0.25, 0.3) is 0 Å². The highest BCUT2D eigenvalue weighted by atomic mass is 35.5. The van der Waals surface area contributed by atoms with Gasteiger partial charge in [-0.15, -0.1) is 11.6 Å². The molecule has 0 aliphatic carbocycles. The molecule has 45 heavy (non-hydrogen) atoms. The summed E-state index contributed by atoms with van der Waals surface area (Å²) in [6.07, 6.45) is 1.39. The monoisotopic (exact) mass is 648 g/mol. The third kappa shape index (κ3) is 8.22. The fraction of sp³-hybridized carbons (Fsp3) is 0.517. The number of carbonyl (C=O) groups excluding carboxylic acids is 6. The van der Waals surface area contributed by atoms with Crippen LogP contribution in [0.2, 0.25) is 0 Å². The highest BCUT2D eigenvalue weighted by Gasteiger charge is 2.56. The van der Waals surface area contributed by atoms with E-state index in [1.165, 1.54) is 11.8 Å². The molecule has 1 fully saturated rings. The maximum Gasteiger partial charge on any atom is 0.312 e. The third-order valence-corrected chi connectivity index (χ3v) is 8.41. The van der Waals surface area contributed by atoms with Crippen molar-refractivity contribution in [2.75, 3.05) is 19.0 Å². The quantitative estimate of drug-likeness (QED) is 0.0889. The van der Waals surface area contributed by atoms with Crippen LogP contribution in [0.5, 0.6) is 0 Å². The number of alkyl halides is 1. The number of benzene rings is 1. The normalized spacial score (nSPS) is 19.1. The maximum atomic E-state index is 14.3. The summed E-state index contributed by atoms with van der Waals surface area (Å²) in [6.45, 7) is 1.42. The Hall–Kier alpha value is -4.37. The number of nitrogens with two attached hydrogens (primary N) is 3. The van der Waals surface area contributed by atoms with Crippen LogP contribution in [0.15, 0.2) is 30.5 Å². The molecule has 0 spiro atoms. The van der Waals surface area contributed by atoms with Crippen LogP contribution in [0.3, 0.4) is 0 Å². The number of hydrogen-bond acceptors (Lipinski definition) is 7. The van der Waals surface area contributed by atoms with Crippen molar-refractivity contribution in [2.24, 2.45) is 23.1 Å². The summed E-state index contributed by atoms with van der Waals surface area (Å²) in [5.41, 5.74) is 16.3. The zero-order valence-electron chi connectivity index (χ0n) is 25.0. The summed E-state index contributed by atoms with van der Waals surface area (Å²) >= 11 is 5.64. The maximum absolute atomic E-state index is 14.3. The predicted octanol–water partition coefficient (Wildman–Crippen LogP) is -0.914. The first kappa shape index (κ1) is 35.1. The third-order valence-electron chi connectivity index (χ3n) is 8.17. The molecular weight excluding hydrogens is 608 g/mol. The number of H-pyrrole nitrogens is 1. The van der Waals surface area contributed by atoms with Crippen molar-refractivity contribution in [3.8, 4) is 0 Å². The highest BCUT2D eigenvalue weighted by molar-refractivity contribution is 6.27. The number of amides is 7. The van der Waals surface area contributed by atoms with E-state index in [4.69, 9.17) is 28.8 Å². The van der Waals surface area contributed by atoms with Gasteiger partial charge in [0.2, 0.25) is 29.5 Å². The van der Waals surface area contributed by atoms with Crippen molar-refractivity contribution in [1.29, 1.82) is 0 Å². The summed E-state index contributed by atoms with van der Waals surface area (Å²) in [4.78, 5) is 81.8. The Morgan fingerprint density at radius 3 is 2.42 bits per heavy atom. The van der Waals surface area contributed by atoms with Crippen LogP contribution in [0.1, 0.15) is 44.6 Å². The van der Waals surface area contributed by atoms with E-state index in [0.717, 1.165) is 10.9 Å². The molecule has 246 valence electrons. The Bertz CT molecular complexity index is 1420. The minimum atomic E-state index is -1.92. The largest absolute Gasteiger partial charge is 0.391 e. The van der Waals surface area contributed by atoms with Gasteiger partial charge < -0.3 is 48.1 Å². The van der Waals surface area contributed by atoms with Gasteiger partial charge >= 0.3 is 6.03 Å². The van der Waals surface area contributed by atoms with E-state index in [1.54, 1.807) is 6.20 Å². The van der Waals surface area contributed by atoms with Crippen LogP contribution in [-0.2, 0) is 30.4 Å². The number of aliphatic hydroxyl groups is 1. The second-order valence-corrected chi connectivity index (χ2v) is 11.4. The summed E-state index contributed by atoms with van der Waals surface area (Å²) in [5.74, 6) is -5.93. The summed E-state index contributed by atoms with van der Waals surface area (Å²) in [6, 6.07) is 3.88. The van der Waals surface area contributed by atoms with Crippen molar-refractivity contribution in [1.82, 2.24) is 25.8 Å². The molecule has 7 amide bonds. The average Bonchev–Trinajstić information content (AvgIpc) is 3.41. The number of hydrogen-bond donors (Lipinski definition) is 8. The number of nitrogens with one attached hydrogen (secondary N) is 4. The molecule has 5 atom stereocenters. The SMILES string of the molecule is C[C@H](O)[C@H](NC(=O)CCl)C(=O)N1CCCCC1(C(N)=O)[C@H](Cc1c[nH]c2ccccc12)C(=O)N[C@@H](CCCNC(N)=O)C(N)=O. The first-order chi connectivity index (χ1) is 21.3. The Balaban J connectivity index is 2.10. The number of carbonyl (C=O) groups is 6. The van der Waals surface area contributed by atoms with Gasteiger partial charge in [-0.2, -0.15) is 0 Å². The number of piperidine rings is 1. The predicted molar refractivity (Wildman–Crippen MR) is 165 cm³/mol. The zero-order chi connectivity index (χ0) is 33.3. The van der Waals surface area contributed by atoms with Gasteiger partial charge in [0.05, 0.1) is 12.0 Å². The number of rotatable bonds is 15. The van der Waals surface area contributed by atoms with Crippen LogP contribution in [-0.4, -0.2) is 93.3 Å². The lowest BCUT2D eigenvalue weighted by atomic mass is 9.71. The Morgan fingerprint density at radius 2 is 1.80 bits per heavy atom. The van der Waals surface area contributed by atoms with E-state index in [1.807, 2.05) is 24.3 Å². The van der Waals surface area contributed by atoms with Crippen LogP contribution < -0.4 is 33.2 Å². The standard InChI is InChI=1S/C29H41ClN8O7/c1-16(39)23(37-22(40)14-30)26(43)38-12-5-4-10-29(38,27(32)44)19(13-17-15-35-20-8-3-2-7-18(17)20)25(42)36-21(24(31)41)9-6-11-34-28(33)45/h2-3,7-8,15-16,19,21,23,35,39H,4-6,9-14H2,1H3,(H2,31,41)(H2,32,44)(H,36,42)(H,37,40)(H3,33,34,45)/t16-,19+,21-,23-,29?/m0/s1. The Labute approximate surface area is 264 Å². The van der Waals surface area contributed by atoms with E-state index in [2.05, 4.69) is 20.9 Å². The van der Waals surface area contributed by atoms with Crippen molar-refractivity contribution in [2.45, 2.75) is 69.2 Å². The summed E-state index contributed by atoms with van der Waals surface area (Å²) < 4.78 is 0. The second kappa shape index (κ2) is 15.6. The van der Waals surface area contributed by atoms with Crippen molar-refractivity contribution in [3.05, 3.63) is 36.0 Å². The summed E-state index contributed by atoms with van der Waals surface area (Å²) in [5, 5.41) is 18.7. The lowest BCUT2D eigenvalue weighted by Gasteiger charge is -2.50. The van der Waals surface area contributed by atoms with E-state index in [-0.39, 0.29) is 38.8 Å². The molecule has 3 rings (SSSR count). The number of primary amides is 3. The number of fused-ring (bicyclic) bond motifs is 1. The molecule has 0 radical (unpaired) electrons. The van der Waals surface area contributed by atoms with E-state index < -0.39 is 71.1 Å². The number of aliphatic hydroxyl groups excluding tert-OH is 1. The van der Waals surface area contributed by atoms with Gasteiger partial charge in [0.1, 0.15) is 23.5 Å². The Kier molecular flexibility index (Phi) is 12.1. The van der Waals surface area contributed by atoms with Crippen molar-refractivity contribution >= 4 is 58.1 Å². The molecule has 1 aliphatic rings. The van der Waals surface area contributed by atoms with Crippen LogP contribution >= 0.6 is 11.6 Å². The zero-order valence-corrected chi connectivity index (χ0v) is 25.8. The molecule has 1 aromatic carbocycles. The fourth-order valence-corrected chi connectivity index (χ4v) is 6.02. The molecule has 16 heteroatoms. The Morgan fingerprint density at radius 1 is 1.09 bits per heavy atom. The molecule has 1 aliphatic heterocycles. The smallest absolute Gasteiger partial charge is 0.312 e. The van der Waals surface area contributed by atoms with Crippen molar-refractivity contribution < 1.29 is 33.9 Å². The fourth-order valence-electron chi connectivity index (χ4n) is 5.94. The number of halogens is 1. The molecule has 0 bridgehead atoms. The average molecular weight is 649 g/mol. The van der Waals surface area contributed by atoms with E-state index in [0.29, 0.717) is 18.4 Å². The first-order valence-electron chi connectivity index (χ1n) is 14.7. The van der Waals surface area contributed by atoms with Crippen LogP contribution in [0.4, 0.5) is 4.79 Å².